The maximum Gasteiger partial charge on any atom is 0.215 e. The van der Waals surface area contributed by atoms with Gasteiger partial charge >= 0.3 is 0 Å². The van der Waals surface area contributed by atoms with Gasteiger partial charge in [0, 0.05) is 24.4 Å². The van der Waals surface area contributed by atoms with Crippen LogP contribution in [0.2, 0.25) is 0 Å². The zero-order valence-electron chi connectivity index (χ0n) is 7.85. The van der Waals surface area contributed by atoms with Gasteiger partial charge in [-0.2, -0.15) is 4.31 Å². The van der Waals surface area contributed by atoms with E-state index in [1.807, 2.05) is 0 Å². The van der Waals surface area contributed by atoms with E-state index >= 15 is 0 Å². The normalized spacial score (nSPS) is 49.3. The Morgan fingerprint density at radius 2 is 2.07 bits per heavy atom. The summed E-state index contributed by atoms with van der Waals surface area (Å²) in [5.41, 5.74) is 0. The molecule has 3 heterocycles. The highest BCUT2D eigenvalue weighted by Gasteiger charge is 2.56. The van der Waals surface area contributed by atoms with Gasteiger partial charge in [-0.05, 0) is 12.8 Å². The SMILES string of the molecule is O=C1CC2CCCC3C1CS(=O)(=O)N23. The number of piperidine rings is 2. The number of nitrogens with zero attached hydrogens (tertiary/aromatic N) is 1. The number of carbonyl (C=O) groups is 1. The lowest BCUT2D eigenvalue weighted by Gasteiger charge is -2.40. The molecule has 0 aliphatic carbocycles. The van der Waals surface area contributed by atoms with E-state index in [-0.39, 0.29) is 29.5 Å². The molecule has 0 amide bonds. The zero-order valence-corrected chi connectivity index (χ0v) is 8.66. The van der Waals surface area contributed by atoms with Crippen molar-refractivity contribution in [3.8, 4) is 0 Å². The predicted molar refractivity (Wildman–Crippen MR) is 50.2 cm³/mol. The first-order chi connectivity index (χ1) is 6.59. The van der Waals surface area contributed by atoms with Crippen molar-refractivity contribution < 1.29 is 13.2 Å². The summed E-state index contributed by atoms with van der Waals surface area (Å²) in [4.78, 5) is 11.7. The molecule has 3 aliphatic heterocycles. The van der Waals surface area contributed by atoms with Crippen LogP contribution in [0.5, 0.6) is 0 Å². The molecule has 3 aliphatic rings. The third-order valence-electron chi connectivity index (χ3n) is 3.75. The Bertz CT molecular complexity index is 389. The summed E-state index contributed by atoms with van der Waals surface area (Å²) in [6, 6.07) is 0.00463. The quantitative estimate of drug-likeness (QED) is 0.577. The van der Waals surface area contributed by atoms with Gasteiger partial charge in [-0.3, -0.25) is 4.79 Å². The molecule has 0 spiro atoms. The molecule has 78 valence electrons. The van der Waals surface area contributed by atoms with Gasteiger partial charge in [0.25, 0.3) is 0 Å². The van der Waals surface area contributed by atoms with E-state index in [1.165, 1.54) is 0 Å². The fourth-order valence-corrected chi connectivity index (χ4v) is 5.54. The van der Waals surface area contributed by atoms with E-state index in [9.17, 15) is 13.2 Å². The van der Waals surface area contributed by atoms with E-state index in [4.69, 9.17) is 0 Å². The van der Waals surface area contributed by atoms with Crippen LogP contribution in [0, 0.1) is 5.92 Å². The Kier molecular flexibility index (Phi) is 1.63. The molecule has 0 N–H and O–H groups in total. The molecule has 0 aromatic rings. The smallest absolute Gasteiger partial charge is 0.215 e. The Hall–Kier alpha value is -0.420. The fraction of sp³-hybridized carbons (Fsp3) is 0.889. The van der Waals surface area contributed by atoms with Gasteiger partial charge < -0.3 is 0 Å². The Balaban J connectivity index is 2.11. The maximum atomic E-state index is 11.8. The summed E-state index contributed by atoms with van der Waals surface area (Å²) in [5.74, 6) is 0.0427. The topological polar surface area (TPSA) is 54.5 Å². The van der Waals surface area contributed by atoms with Gasteiger partial charge in [0.05, 0.1) is 5.75 Å². The summed E-state index contributed by atoms with van der Waals surface area (Å²) in [6.07, 6.45) is 3.28. The number of ketones is 1. The van der Waals surface area contributed by atoms with Crippen LogP contribution in [0.4, 0.5) is 0 Å². The van der Waals surface area contributed by atoms with E-state index < -0.39 is 10.0 Å². The minimum absolute atomic E-state index is 0.00926. The molecule has 0 radical (unpaired) electrons. The summed E-state index contributed by atoms with van der Waals surface area (Å²) in [5, 5.41) is 0. The highest BCUT2D eigenvalue weighted by atomic mass is 32.2. The van der Waals surface area contributed by atoms with Crippen LogP contribution in [0.15, 0.2) is 0 Å². The average molecular weight is 215 g/mol. The van der Waals surface area contributed by atoms with Crippen molar-refractivity contribution in [1.29, 1.82) is 0 Å². The first-order valence-electron chi connectivity index (χ1n) is 5.13. The van der Waals surface area contributed by atoms with E-state index in [2.05, 4.69) is 0 Å². The molecule has 4 nitrogen and oxygen atoms in total. The molecular weight excluding hydrogens is 202 g/mol. The zero-order chi connectivity index (χ0) is 9.92. The second-order valence-electron chi connectivity index (χ2n) is 4.54. The third kappa shape index (κ3) is 0.969. The van der Waals surface area contributed by atoms with Crippen LogP contribution in [0.3, 0.4) is 0 Å². The number of hydrogen-bond acceptors (Lipinski definition) is 3. The van der Waals surface area contributed by atoms with Gasteiger partial charge in [0.15, 0.2) is 0 Å². The maximum absolute atomic E-state index is 11.8. The standard InChI is InChI=1S/C9H13NO3S/c11-9-4-6-2-1-3-8-7(9)5-14(12,13)10(6)8/h6-8H,1-5H2. The van der Waals surface area contributed by atoms with Gasteiger partial charge in [0.2, 0.25) is 10.0 Å². The molecule has 0 aromatic heterocycles. The van der Waals surface area contributed by atoms with Crippen LogP contribution < -0.4 is 0 Å². The Labute approximate surface area is 83.3 Å². The van der Waals surface area contributed by atoms with E-state index in [1.54, 1.807) is 4.31 Å². The molecule has 0 aromatic carbocycles. The first-order valence-corrected chi connectivity index (χ1v) is 6.74. The molecular formula is C9H13NO3S. The van der Waals surface area contributed by atoms with E-state index in [0.717, 1.165) is 19.3 Å². The number of carbonyl (C=O) groups excluding carboxylic acids is 1. The highest BCUT2D eigenvalue weighted by Crippen LogP contribution is 2.43. The summed E-state index contributed by atoms with van der Waals surface area (Å²) in [6.45, 7) is 0. The van der Waals surface area contributed by atoms with E-state index in [0.29, 0.717) is 6.42 Å². The van der Waals surface area contributed by atoms with Crippen LogP contribution in [-0.2, 0) is 14.8 Å². The Morgan fingerprint density at radius 3 is 2.86 bits per heavy atom. The monoisotopic (exact) mass is 215 g/mol. The number of sulfonamides is 1. The second kappa shape index (κ2) is 2.58. The van der Waals surface area contributed by atoms with Crippen molar-refractivity contribution in [3.63, 3.8) is 0 Å². The fourth-order valence-electron chi connectivity index (χ4n) is 3.21. The minimum Gasteiger partial charge on any atom is -0.299 e. The number of hydrogen-bond donors (Lipinski definition) is 0. The number of Topliss-reactive ketones (excluding diaryl/α,β-unsaturated/α-hetero) is 1. The van der Waals surface area contributed by atoms with Crippen molar-refractivity contribution in [3.05, 3.63) is 0 Å². The van der Waals surface area contributed by atoms with Gasteiger partial charge in [-0.15, -0.1) is 0 Å². The van der Waals surface area contributed by atoms with Crippen LogP contribution in [-0.4, -0.2) is 36.3 Å². The lowest BCUT2D eigenvalue weighted by molar-refractivity contribution is -0.128. The molecule has 4 bridgehead atoms. The summed E-state index contributed by atoms with van der Waals surface area (Å²) >= 11 is 0. The molecule has 14 heavy (non-hydrogen) atoms. The van der Waals surface area contributed by atoms with Crippen molar-refractivity contribution in [1.82, 2.24) is 4.31 Å². The lowest BCUT2D eigenvalue weighted by Crippen LogP contribution is -2.52. The lowest BCUT2D eigenvalue weighted by atomic mass is 9.80. The van der Waals surface area contributed by atoms with Crippen LogP contribution in [0.25, 0.3) is 0 Å². The molecule has 0 saturated carbocycles. The van der Waals surface area contributed by atoms with Gasteiger partial charge in [-0.1, -0.05) is 6.42 Å². The van der Waals surface area contributed by atoms with Crippen LogP contribution >= 0.6 is 0 Å². The summed E-state index contributed by atoms with van der Waals surface area (Å²) in [7, 11) is -3.10. The molecule has 3 fully saturated rings. The van der Waals surface area contributed by atoms with Crippen LogP contribution in [0.1, 0.15) is 25.7 Å². The van der Waals surface area contributed by atoms with Crippen molar-refractivity contribution in [2.24, 2.45) is 5.92 Å². The minimum atomic E-state index is -3.10. The molecule has 4 atom stereocenters. The first kappa shape index (κ1) is 8.85. The molecule has 3 saturated heterocycles. The van der Waals surface area contributed by atoms with Crippen molar-refractivity contribution >= 4 is 15.8 Å². The number of rotatable bonds is 0. The van der Waals surface area contributed by atoms with Crippen molar-refractivity contribution in [2.75, 3.05) is 5.75 Å². The third-order valence-corrected chi connectivity index (χ3v) is 5.74. The predicted octanol–water partition coefficient (Wildman–Crippen LogP) is 0.142. The molecule has 5 heteroatoms. The van der Waals surface area contributed by atoms with Gasteiger partial charge in [0.1, 0.15) is 5.78 Å². The van der Waals surface area contributed by atoms with Gasteiger partial charge in [-0.25, -0.2) is 8.42 Å². The summed E-state index contributed by atoms with van der Waals surface area (Å²) < 4.78 is 25.2. The molecule has 3 rings (SSSR count). The Morgan fingerprint density at radius 1 is 1.29 bits per heavy atom. The largest absolute Gasteiger partial charge is 0.299 e. The highest BCUT2D eigenvalue weighted by molar-refractivity contribution is 7.89. The molecule has 4 unspecified atom stereocenters. The average Bonchev–Trinajstić information content (AvgIpc) is 2.33. The van der Waals surface area contributed by atoms with Crippen molar-refractivity contribution in [2.45, 2.75) is 37.8 Å². The second-order valence-corrected chi connectivity index (χ2v) is 6.46.